The molecule has 4 heteroatoms. The third kappa shape index (κ3) is 4.18. The maximum Gasteiger partial charge on any atom is 0.335 e. The Morgan fingerprint density at radius 3 is 2.32 bits per heavy atom. The number of carbonyl (C=O) groups is 1. The van der Waals surface area contributed by atoms with Crippen molar-refractivity contribution in [3.05, 3.63) is 83.9 Å². The third-order valence-corrected chi connectivity index (χ3v) is 3.98. The van der Waals surface area contributed by atoms with Crippen LogP contribution in [0.4, 0.5) is 5.69 Å². The van der Waals surface area contributed by atoms with Crippen molar-refractivity contribution in [1.82, 2.24) is 0 Å². The second-order valence-electron chi connectivity index (χ2n) is 5.66. The van der Waals surface area contributed by atoms with E-state index < -0.39 is 5.97 Å². The topological polar surface area (TPSA) is 58.6 Å². The van der Waals surface area contributed by atoms with Crippen LogP contribution in [0.5, 0.6) is 5.75 Å². The maximum absolute atomic E-state index is 11.1. The minimum atomic E-state index is -0.915. The average molecular weight is 333 g/mol. The quantitative estimate of drug-likeness (QED) is 0.688. The Bertz CT molecular complexity index is 855. The van der Waals surface area contributed by atoms with Crippen molar-refractivity contribution in [2.45, 2.75) is 6.54 Å². The van der Waals surface area contributed by atoms with Crippen LogP contribution in [0.3, 0.4) is 0 Å². The molecule has 0 heterocycles. The van der Waals surface area contributed by atoms with Gasteiger partial charge in [0.1, 0.15) is 5.75 Å². The third-order valence-electron chi connectivity index (χ3n) is 3.98. The van der Waals surface area contributed by atoms with E-state index in [1.807, 2.05) is 54.6 Å². The van der Waals surface area contributed by atoms with Gasteiger partial charge in [0.2, 0.25) is 0 Å². The van der Waals surface area contributed by atoms with E-state index in [0.29, 0.717) is 12.1 Å². The number of benzene rings is 3. The molecule has 0 aromatic heterocycles. The SMILES string of the molecule is COc1ccc(NCc2ccc(-c3cccc(C(=O)O)c3)cc2)cc1. The Hall–Kier alpha value is -3.27. The molecule has 25 heavy (non-hydrogen) atoms. The fourth-order valence-corrected chi connectivity index (χ4v) is 2.56. The molecule has 3 rings (SSSR count). The van der Waals surface area contributed by atoms with Crippen LogP contribution >= 0.6 is 0 Å². The lowest BCUT2D eigenvalue weighted by Gasteiger charge is -2.09. The van der Waals surface area contributed by atoms with Gasteiger partial charge in [-0.05, 0) is 53.1 Å². The molecular formula is C21H19NO3. The van der Waals surface area contributed by atoms with E-state index in [-0.39, 0.29) is 0 Å². The predicted octanol–water partition coefficient (Wildman–Crippen LogP) is 4.67. The van der Waals surface area contributed by atoms with Crippen molar-refractivity contribution in [2.75, 3.05) is 12.4 Å². The molecule has 0 bridgehead atoms. The van der Waals surface area contributed by atoms with Gasteiger partial charge in [0.15, 0.2) is 0 Å². The number of ether oxygens (including phenoxy) is 1. The zero-order chi connectivity index (χ0) is 17.6. The van der Waals surface area contributed by atoms with E-state index in [0.717, 1.165) is 28.1 Å². The van der Waals surface area contributed by atoms with Crippen molar-refractivity contribution < 1.29 is 14.6 Å². The summed E-state index contributed by atoms with van der Waals surface area (Å²) in [4.78, 5) is 11.1. The van der Waals surface area contributed by atoms with Gasteiger partial charge < -0.3 is 15.2 Å². The lowest BCUT2D eigenvalue weighted by atomic mass is 10.0. The summed E-state index contributed by atoms with van der Waals surface area (Å²) in [6.07, 6.45) is 0. The monoisotopic (exact) mass is 333 g/mol. The molecule has 126 valence electrons. The molecule has 0 aliphatic heterocycles. The van der Waals surface area contributed by atoms with Gasteiger partial charge in [0, 0.05) is 12.2 Å². The molecule has 0 fully saturated rings. The standard InChI is InChI=1S/C21H19NO3/c1-25-20-11-9-19(10-12-20)22-14-15-5-7-16(8-6-15)17-3-2-4-18(13-17)21(23)24/h2-13,22H,14H2,1H3,(H,23,24). The number of methoxy groups -OCH3 is 1. The lowest BCUT2D eigenvalue weighted by Crippen LogP contribution is -1.99. The van der Waals surface area contributed by atoms with Crippen LogP contribution in [0.25, 0.3) is 11.1 Å². The number of aromatic carboxylic acids is 1. The number of anilines is 1. The van der Waals surface area contributed by atoms with Gasteiger partial charge in [-0.15, -0.1) is 0 Å². The molecule has 3 aromatic carbocycles. The highest BCUT2D eigenvalue weighted by Crippen LogP contribution is 2.22. The van der Waals surface area contributed by atoms with Crippen LogP contribution in [0.1, 0.15) is 15.9 Å². The van der Waals surface area contributed by atoms with Gasteiger partial charge >= 0.3 is 5.97 Å². The summed E-state index contributed by atoms with van der Waals surface area (Å²) in [5.41, 5.74) is 4.36. The largest absolute Gasteiger partial charge is 0.497 e. The zero-order valence-corrected chi connectivity index (χ0v) is 13.9. The van der Waals surface area contributed by atoms with Crippen molar-refractivity contribution in [3.8, 4) is 16.9 Å². The van der Waals surface area contributed by atoms with Crippen LogP contribution in [-0.4, -0.2) is 18.2 Å². The maximum atomic E-state index is 11.1. The van der Waals surface area contributed by atoms with Crippen molar-refractivity contribution in [3.63, 3.8) is 0 Å². The average Bonchev–Trinajstić information content (AvgIpc) is 2.67. The van der Waals surface area contributed by atoms with Gasteiger partial charge in [-0.2, -0.15) is 0 Å². The summed E-state index contributed by atoms with van der Waals surface area (Å²) >= 11 is 0. The number of hydrogen-bond donors (Lipinski definition) is 2. The van der Waals surface area contributed by atoms with Gasteiger partial charge in [0.05, 0.1) is 12.7 Å². The highest BCUT2D eigenvalue weighted by Gasteiger charge is 2.05. The molecule has 0 atom stereocenters. The second-order valence-corrected chi connectivity index (χ2v) is 5.66. The normalized spacial score (nSPS) is 10.3. The predicted molar refractivity (Wildman–Crippen MR) is 99.2 cm³/mol. The summed E-state index contributed by atoms with van der Waals surface area (Å²) in [6.45, 7) is 0.710. The molecular weight excluding hydrogens is 314 g/mol. The van der Waals surface area contributed by atoms with E-state index in [1.54, 1.807) is 25.3 Å². The summed E-state index contributed by atoms with van der Waals surface area (Å²) in [5.74, 6) is -0.0827. The summed E-state index contributed by atoms with van der Waals surface area (Å²) in [7, 11) is 1.65. The fourth-order valence-electron chi connectivity index (χ4n) is 2.56. The van der Waals surface area contributed by atoms with E-state index in [4.69, 9.17) is 9.84 Å². The van der Waals surface area contributed by atoms with Crippen molar-refractivity contribution in [1.29, 1.82) is 0 Å². The smallest absolute Gasteiger partial charge is 0.335 e. The molecule has 0 spiro atoms. The van der Waals surface area contributed by atoms with E-state index in [1.165, 1.54) is 0 Å². The van der Waals surface area contributed by atoms with Crippen LogP contribution in [0, 0.1) is 0 Å². The van der Waals surface area contributed by atoms with Crippen LogP contribution in [0.2, 0.25) is 0 Å². The lowest BCUT2D eigenvalue weighted by molar-refractivity contribution is 0.0697. The number of carboxylic acids is 1. The summed E-state index contributed by atoms with van der Waals surface area (Å²) in [5, 5.41) is 12.5. The summed E-state index contributed by atoms with van der Waals surface area (Å²) < 4.78 is 5.15. The Labute approximate surface area is 146 Å². The minimum absolute atomic E-state index is 0.294. The highest BCUT2D eigenvalue weighted by atomic mass is 16.5. The second kappa shape index (κ2) is 7.53. The van der Waals surface area contributed by atoms with Crippen LogP contribution < -0.4 is 10.1 Å². The highest BCUT2D eigenvalue weighted by molar-refractivity contribution is 5.89. The van der Waals surface area contributed by atoms with E-state index in [2.05, 4.69) is 5.32 Å². The number of hydrogen-bond acceptors (Lipinski definition) is 3. The first-order valence-corrected chi connectivity index (χ1v) is 7.96. The molecule has 0 aliphatic carbocycles. The molecule has 2 N–H and O–H groups in total. The Balaban J connectivity index is 1.67. The zero-order valence-electron chi connectivity index (χ0n) is 13.9. The van der Waals surface area contributed by atoms with Crippen LogP contribution in [0.15, 0.2) is 72.8 Å². The van der Waals surface area contributed by atoms with Gasteiger partial charge in [-0.1, -0.05) is 36.4 Å². The molecule has 0 saturated heterocycles. The Morgan fingerprint density at radius 2 is 1.68 bits per heavy atom. The molecule has 0 saturated carbocycles. The van der Waals surface area contributed by atoms with Crippen molar-refractivity contribution >= 4 is 11.7 Å². The van der Waals surface area contributed by atoms with Gasteiger partial charge in [0.25, 0.3) is 0 Å². The fraction of sp³-hybridized carbons (Fsp3) is 0.0952. The first-order valence-electron chi connectivity index (χ1n) is 7.96. The van der Waals surface area contributed by atoms with E-state index >= 15 is 0 Å². The molecule has 0 radical (unpaired) electrons. The first-order chi connectivity index (χ1) is 12.2. The molecule has 4 nitrogen and oxygen atoms in total. The summed E-state index contributed by atoms with van der Waals surface area (Å²) in [6, 6.07) is 22.8. The molecule has 0 unspecified atom stereocenters. The Morgan fingerprint density at radius 1 is 0.960 bits per heavy atom. The Kier molecular flexibility index (Phi) is 5.00. The van der Waals surface area contributed by atoms with Gasteiger partial charge in [-0.3, -0.25) is 0 Å². The molecule has 0 amide bonds. The first kappa shape index (κ1) is 16.6. The van der Waals surface area contributed by atoms with Crippen LogP contribution in [-0.2, 0) is 6.54 Å². The van der Waals surface area contributed by atoms with Gasteiger partial charge in [-0.25, -0.2) is 4.79 Å². The van der Waals surface area contributed by atoms with E-state index in [9.17, 15) is 4.79 Å². The number of nitrogens with one attached hydrogen (secondary N) is 1. The van der Waals surface area contributed by atoms with Crippen molar-refractivity contribution in [2.24, 2.45) is 0 Å². The molecule has 0 aliphatic rings. The minimum Gasteiger partial charge on any atom is -0.497 e. The number of rotatable bonds is 6. The molecule has 3 aromatic rings. The number of carboxylic acid groups (broad SMARTS) is 1.